The van der Waals surface area contributed by atoms with Crippen molar-refractivity contribution in [2.24, 2.45) is 0 Å². The molecule has 1 N–H and O–H groups in total. The number of carbonyl (C=O) groups is 1. The van der Waals surface area contributed by atoms with Gasteiger partial charge in [-0.3, -0.25) is 0 Å². The molecule has 0 radical (unpaired) electrons. The molecule has 0 bridgehead atoms. The molecule has 2 aromatic carbocycles. The van der Waals surface area contributed by atoms with Crippen LogP contribution in [0.25, 0.3) is 0 Å². The first-order valence-corrected chi connectivity index (χ1v) is 7.36. The van der Waals surface area contributed by atoms with Gasteiger partial charge < -0.3 is 10.0 Å². The van der Waals surface area contributed by atoms with Crippen molar-refractivity contribution >= 4 is 28.9 Å². The second-order valence-corrected chi connectivity index (χ2v) is 5.22. The Morgan fingerprint density at radius 3 is 2.48 bits per heavy atom. The van der Waals surface area contributed by atoms with Gasteiger partial charge in [-0.15, -0.1) is 0 Å². The molecule has 0 amide bonds. The molecular weight excluding hydrogens is 286 g/mol. The van der Waals surface area contributed by atoms with E-state index in [1.54, 1.807) is 12.1 Å². The van der Waals surface area contributed by atoms with Gasteiger partial charge in [-0.2, -0.15) is 0 Å². The van der Waals surface area contributed by atoms with Gasteiger partial charge in [0, 0.05) is 12.2 Å². The van der Waals surface area contributed by atoms with Gasteiger partial charge in [0.1, 0.15) is 0 Å². The van der Waals surface area contributed by atoms with E-state index in [-0.39, 0.29) is 5.56 Å². The van der Waals surface area contributed by atoms with Crippen molar-refractivity contribution in [2.75, 3.05) is 11.4 Å². The summed E-state index contributed by atoms with van der Waals surface area (Å²) in [5, 5.41) is 9.48. The molecule has 0 spiro atoms. The van der Waals surface area contributed by atoms with E-state index in [1.807, 2.05) is 30.3 Å². The Labute approximate surface area is 129 Å². The molecule has 0 saturated heterocycles. The number of aromatic carboxylic acids is 1. The zero-order valence-corrected chi connectivity index (χ0v) is 12.7. The minimum Gasteiger partial charge on any atom is -0.478 e. The largest absolute Gasteiger partial charge is 0.478 e. The van der Waals surface area contributed by atoms with Crippen LogP contribution < -0.4 is 4.90 Å². The summed E-state index contributed by atoms with van der Waals surface area (Å²) in [4.78, 5) is 13.1. The second kappa shape index (κ2) is 7.14. The number of anilines is 2. The number of halogens is 1. The Morgan fingerprint density at radius 2 is 1.90 bits per heavy atom. The number of benzene rings is 2. The number of rotatable bonds is 6. The van der Waals surface area contributed by atoms with Crippen LogP contribution in [-0.2, 0) is 0 Å². The molecule has 0 aliphatic rings. The van der Waals surface area contributed by atoms with Crippen molar-refractivity contribution in [1.82, 2.24) is 0 Å². The quantitative estimate of drug-likeness (QED) is 0.818. The highest BCUT2D eigenvalue weighted by atomic mass is 35.5. The van der Waals surface area contributed by atoms with Gasteiger partial charge in [0.2, 0.25) is 0 Å². The number of para-hydroxylation sites is 1. The maximum absolute atomic E-state index is 11.0. The summed E-state index contributed by atoms with van der Waals surface area (Å²) in [6, 6.07) is 14.8. The summed E-state index contributed by atoms with van der Waals surface area (Å²) in [6.07, 6.45) is 2.11. The zero-order valence-electron chi connectivity index (χ0n) is 11.9. The number of hydrogen-bond acceptors (Lipinski definition) is 2. The topological polar surface area (TPSA) is 40.5 Å². The summed E-state index contributed by atoms with van der Waals surface area (Å²) in [5.74, 6) is -0.969. The van der Waals surface area contributed by atoms with Crippen molar-refractivity contribution in [3.8, 4) is 0 Å². The molecule has 0 aromatic heterocycles. The van der Waals surface area contributed by atoms with Gasteiger partial charge >= 0.3 is 5.97 Å². The van der Waals surface area contributed by atoms with E-state index in [0.29, 0.717) is 5.02 Å². The molecule has 21 heavy (non-hydrogen) atoms. The zero-order chi connectivity index (χ0) is 15.2. The van der Waals surface area contributed by atoms with E-state index >= 15 is 0 Å². The standard InChI is InChI=1S/C17H18ClNO2/c1-2-3-11-19(14-7-5-4-6-8-14)16-10-9-13(17(20)21)12-15(16)18/h4-10,12H,2-3,11H2,1H3,(H,20,21). The molecule has 0 aliphatic carbocycles. The van der Waals surface area contributed by atoms with Gasteiger partial charge in [0.15, 0.2) is 0 Å². The maximum atomic E-state index is 11.0. The van der Waals surface area contributed by atoms with Gasteiger partial charge in [0.05, 0.1) is 16.3 Å². The molecule has 0 unspecified atom stereocenters. The molecule has 3 nitrogen and oxygen atoms in total. The second-order valence-electron chi connectivity index (χ2n) is 4.81. The molecule has 0 saturated carbocycles. The van der Waals surface area contributed by atoms with Crippen molar-refractivity contribution in [1.29, 1.82) is 0 Å². The first kappa shape index (κ1) is 15.4. The van der Waals surface area contributed by atoms with Crippen LogP contribution in [0.4, 0.5) is 11.4 Å². The number of unbranched alkanes of at least 4 members (excludes halogenated alkanes) is 1. The number of hydrogen-bond donors (Lipinski definition) is 1. The Bertz CT molecular complexity index is 613. The predicted octanol–water partition coefficient (Wildman–Crippen LogP) is 4.98. The summed E-state index contributed by atoms with van der Waals surface area (Å²) < 4.78 is 0. The van der Waals surface area contributed by atoms with Crippen LogP contribution >= 0.6 is 11.6 Å². The first-order chi connectivity index (χ1) is 10.1. The number of nitrogens with zero attached hydrogens (tertiary/aromatic N) is 1. The SMILES string of the molecule is CCCCN(c1ccccc1)c1ccc(C(=O)O)cc1Cl. The van der Waals surface area contributed by atoms with Crippen molar-refractivity contribution < 1.29 is 9.90 Å². The van der Waals surface area contributed by atoms with Crippen molar-refractivity contribution in [3.05, 3.63) is 59.1 Å². The minimum absolute atomic E-state index is 0.201. The van der Waals surface area contributed by atoms with Crippen molar-refractivity contribution in [2.45, 2.75) is 19.8 Å². The highest BCUT2D eigenvalue weighted by Crippen LogP contribution is 2.32. The van der Waals surface area contributed by atoms with Crippen LogP contribution in [0, 0.1) is 0 Å². The summed E-state index contributed by atoms with van der Waals surface area (Å²) in [5.41, 5.74) is 2.09. The van der Waals surface area contributed by atoms with E-state index in [0.717, 1.165) is 30.8 Å². The van der Waals surface area contributed by atoms with E-state index in [4.69, 9.17) is 16.7 Å². The average Bonchev–Trinajstić information content (AvgIpc) is 2.50. The lowest BCUT2D eigenvalue weighted by Gasteiger charge is -2.26. The third-order valence-corrected chi connectivity index (χ3v) is 3.59. The molecule has 4 heteroatoms. The lowest BCUT2D eigenvalue weighted by Crippen LogP contribution is -2.18. The molecule has 0 aliphatic heterocycles. The maximum Gasteiger partial charge on any atom is 0.335 e. The van der Waals surface area contributed by atoms with Gasteiger partial charge in [-0.05, 0) is 36.8 Å². The Kier molecular flexibility index (Phi) is 5.23. The molecule has 0 heterocycles. The Hall–Kier alpha value is -2.00. The minimum atomic E-state index is -0.969. The lowest BCUT2D eigenvalue weighted by atomic mass is 10.1. The normalized spacial score (nSPS) is 10.4. The highest BCUT2D eigenvalue weighted by molar-refractivity contribution is 6.33. The fourth-order valence-electron chi connectivity index (χ4n) is 2.17. The van der Waals surface area contributed by atoms with Crippen LogP contribution in [0.3, 0.4) is 0 Å². The van der Waals surface area contributed by atoms with Crippen LogP contribution in [0.15, 0.2) is 48.5 Å². The fraction of sp³-hybridized carbons (Fsp3) is 0.235. The third kappa shape index (κ3) is 3.76. The van der Waals surface area contributed by atoms with E-state index in [9.17, 15) is 4.79 Å². The van der Waals surface area contributed by atoms with E-state index in [1.165, 1.54) is 6.07 Å². The monoisotopic (exact) mass is 303 g/mol. The number of carboxylic acids is 1. The Balaban J connectivity index is 2.39. The first-order valence-electron chi connectivity index (χ1n) is 6.99. The number of carboxylic acid groups (broad SMARTS) is 1. The smallest absolute Gasteiger partial charge is 0.335 e. The van der Waals surface area contributed by atoms with E-state index in [2.05, 4.69) is 11.8 Å². The fourth-order valence-corrected chi connectivity index (χ4v) is 2.45. The van der Waals surface area contributed by atoms with Crippen LogP contribution in [0.1, 0.15) is 30.1 Å². The van der Waals surface area contributed by atoms with E-state index < -0.39 is 5.97 Å². The van der Waals surface area contributed by atoms with Crippen LogP contribution in [0.5, 0.6) is 0 Å². The summed E-state index contributed by atoms with van der Waals surface area (Å²) in [6.45, 7) is 2.98. The average molecular weight is 304 g/mol. The molecule has 2 rings (SSSR count). The van der Waals surface area contributed by atoms with Crippen molar-refractivity contribution in [3.63, 3.8) is 0 Å². The molecule has 0 fully saturated rings. The highest BCUT2D eigenvalue weighted by Gasteiger charge is 2.14. The van der Waals surface area contributed by atoms with Gasteiger partial charge in [-0.1, -0.05) is 43.1 Å². The molecule has 2 aromatic rings. The Morgan fingerprint density at radius 1 is 1.19 bits per heavy atom. The molecule has 0 atom stereocenters. The predicted molar refractivity (Wildman–Crippen MR) is 86.8 cm³/mol. The summed E-state index contributed by atoms with van der Waals surface area (Å²) in [7, 11) is 0. The van der Waals surface area contributed by atoms with Crippen LogP contribution in [-0.4, -0.2) is 17.6 Å². The molecular formula is C17H18ClNO2. The summed E-state index contributed by atoms with van der Waals surface area (Å²) >= 11 is 6.29. The van der Waals surface area contributed by atoms with Gasteiger partial charge in [0.25, 0.3) is 0 Å². The molecule has 110 valence electrons. The third-order valence-electron chi connectivity index (χ3n) is 3.29. The lowest BCUT2D eigenvalue weighted by molar-refractivity contribution is 0.0697. The van der Waals surface area contributed by atoms with Gasteiger partial charge in [-0.25, -0.2) is 4.79 Å². The van der Waals surface area contributed by atoms with Crippen LogP contribution in [0.2, 0.25) is 5.02 Å².